The second-order valence-electron chi connectivity index (χ2n) is 6.67. The molecule has 32 heavy (non-hydrogen) atoms. The van der Waals surface area contributed by atoms with Crippen molar-refractivity contribution in [3.8, 4) is 0 Å². The topological polar surface area (TPSA) is 132 Å². The molecule has 0 aliphatic carbocycles. The molecule has 0 aliphatic heterocycles. The number of anilines is 4. The zero-order valence-electron chi connectivity index (χ0n) is 17.2. The summed E-state index contributed by atoms with van der Waals surface area (Å²) in [6.45, 7) is 3.91. The van der Waals surface area contributed by atoms with Crippen LogP contribution in [0.3, 0.4) is 0 Å². The molecule has 0 fully saturated rings. The highest BCUT2D eigenvalue weighted by Crippen LogP contribution is 2.35. The Hall–Kier alpha value is -4.12. The van der Waals surface area contributed by atoms with Crippen LogP contribution in [0, 0.1) is 17.0 Å². The minimum absolute atomic E-state index is 0.00533. The number of aryl methyl sites for hydroxylation is 1. The van der Waals surface area contributed by atoms with Crippen LogP contribution in [0.1, 0.15) is 22.8 Å². The molecule has 0 unspecified atom stereocenters. The number of hydrogen-bond acceptors (Lipinski definition) is 10. The summed E-state index contributed by atoms with van der Waals surface area (Å²) in [6.07, 6.45) is 1.21. The van der Waals surface area contributed by atoms with Crippen molar-refractivity contribution in [2.75, 3.05) is 17.2 Å². The van der Waals surface area contributed by atoms with E-state index in [-0.39, 0.29) is 23.9 Å². The summed E-state index contributed by atoms with van der Waals surface area (Å²) >= 11 is 1.37. The number of ether oxygens (including phenoxy) is 1. The molecule has 0 bridgehead atoms. The average molecular weight is 450 g/mol. The molecule has 2 aromatic carbocycles. The standard InChI is InChI=1S/C21H18N6O4S/c1-3-31-20(28)13-7-5-8-14(10-13)24-18-17(27(29)30)19(23-11-22-18)26-21-25-16-12(2)6-4-9-15(16)32-21/h4-11H,3H2,1-2H3,(H2,22,23,24,25,26). The van der Waals surface area contributed by atoms with Gasteiger partial charge < -0.3 is 15.4 Å². The average Bonchev–Trinajstić information content (AvgIpc) is 3.18. The highest BCUT2D eigenvalue weighted by Gasteiger charge is 2.24. The minimum Gasteiger partial charge on any atom is -0.462 e. The van der Waals surface area contributed by atoms with Crippen LogP contribution in [-0.4, -0.2) is 32.5 Å². The van der Waals surface area contributed by atoms with Gasteiger partial charge in [0.05, 0.1) is 27.3 Å². The number of nitrogens with one attached hydrogen (secondary N) is 2. The van der Waals surface area contributed by atoms with E-state index in [2.05, 4.69) is 25.6 Å². The van der Waals surface area contributed by atoms with E-state index >= 15 is 0 Å². The first-order valence-corrected chi connectivity index (χ1v) is 10.4. The fraction of sp³-hybridized carbons (Fsp3) is 0.143. The van der Waals surface area contributed by atoms with Gasteiger partial charge in [0.15, 0.2) is 5.13 Å². The van der Waals surface area contributed by atoms with Gasteiger partial charge in [-0.05, 0) is 43.7 Å². The van der Waals surface area contributed by atoms with Gasteiger partial charge in [-0.1, -0.05) is 29.5 Å². The largest absolute Gasteiger partial charge is 0.462 e. The highest BCUT2D eigenvalue weighted by molar-refractivity contribution is 7.22. The second-order valence-corrected chi connectivity index (χ2v) is 7.70. The maximum atomic E-state index is 12.0. The van der Waals surface area contributed by atoms with Crippen molar-refractivity contribution in [2.45, 2.75) is 13.8 Å². The van der Waals surface area contributed by atoms with E-state index in [4.69, 9.17) is 4.74 Å². The molecule has 4 rings (SSSR count). The van der Waals surface area contributed by atoms with Crippen molar-refractivity contribution < 1.29 is 14.5 Å². The van der Waals surface area contributed by atoms with Crippen LogP contribution in [-0.2, 0) is 4.74 Å². The van der Waals surface area contributed by atoms with E-state index in [1.165, 1.54) is 23.7 Å². The van der Waals surface area contributed by atoms with E-state index in [1.54, 1.807) is 25.1 Å². The minimum atomic E-state index is -0.571. The number of rotatable bonds is 7. The molecule has 4 aromatic rings. The SMILES string of the molecule is CCOC(=O)c1cccc(Nc2ncnc(Nc3nc4c(C)cccc4s3)c2[N+](=O)[O-])c1. The lowest BCUT2D eigenvalue weighted by molar-refractivity contribution is -0.383. The Morgan fingerprint density at radius 3 is 2.62 bits per heavy atom. The first-order valence-electron chi connectivity index (χ1n) is 9.63. The molecule has 0 amide bonds. The van der Waals surface area contributed by atoms with Gasteiger partial charge in [-0.3, -0.25) is 10.1 Å². The molecule has 162 valence electrons. The number of nitrogens with zero attached hydrogens (tertiary/aromatic N) is 4. The molecule has 0 saturated heterocycles. The molecular weight excluding hydrogens is 432 g/mol. The summed E-state index contributed by atoms with van der Waals surface area (Å²) in [5, 5.41) is 18.2. The van der Waals surface area contributed by atoms with Gasteiger partial charge in [-0.2, -0.15) is 0 Å². The molecular formula is C21H18N6O4S. The predicted octanol–water partition coefficient (Wildman–Crippen LogP) is 4.97. The first kappa shape index (κ1) is 21.1. The number of benzene rings is 2. The fourth-order valence-electron chi connectivity index (χ4n) is 3.05. The molecule has 0 saturated carbocycles. The third-order valence-corrected chi connectivity index (χ3v) is 5.42. The quantitative estimate of drug-likeness (QED) is 0.227. The van der Waals surface area contributed by atoms with Gasteiger partial charge in [-0.25, -0.2) is 19.7 Å². The number of fused-ring (bicyclic) bond motifs is 1. The maximum Gasteiger partial charge on any atom is 0.353 e. The summed E-state index contributed by atoms with van der Waals surface area (Å²) in [5.74, 6) is -0.502. The van der Waals surface area contributed by atoms with Crippen molar-refractivity contribution in [1.82, 2.24) is 15.0 Å². The number of carbonyl (C=O) groups excluding carboxylic acids is 1. The van der Waals surface area contributed by atoms with Crippen molar-refractivity contribution in [3.05, 3.63) is 70.0 Å². The molecule has 0 atom stereocenters. The number of carbonyl (C=O) groups is 1. The summed E-state index contributed by atoms with van der Waals surface area (Å²) in [5.41, 5.74) is 2.25. The number of aromatic nitrogens is 3. The molecule has 11 heteroatoms. The summed E-state index contributed by atoms with van der Waals surface area (Å²) in [4.78, 5) is 35.9. The van der Waals surface area contributed by atoms with Crippen LogP contribution in [0.4, 0.5) is 28.1 Å². The smallest absolute Gasteiger partial charge is 0.353 e. The molecule has 2 heterocycles. The molecule has 0 radical (unpaired) electrons. The van der Waals surface area contributed by atoms with Crippen LogP contribution in [0.2, 0.25) is 0 Å². The molecule has 0 aliphatic rings. The van der Waals surface area contributed by atoms with E-state index < -0.39 is 10.9 Å². The number of hydrogen-bond donors (Lipinski definition) is 2. The first-order chi connectivity index (χ1) is 15.5. The predicted molar refractivity (Wildman–Crippen MR) is 122 cm³/mol. The Morgan fingerprint density at radius 2 is 1.91 bits per heavy atom. The number of para-hydroxylation sites is 1. The van der Waals surface area contributed by atoms with Gasteiger partial charge >= 0.3 is 11.7 Å². The fourth-order valence-corrected chi connectivity index (χ4v) is 3.99. The van der Waals surface area contributed by atoms with Crippen LogP contribution in [0.25, 0.3) is 10.2 Å². The monoisotopic (exact) mass is 450 g/mol. The Morgan fingerprint density at radius 1 is 1.16 bits per heavy atom. The third-order valence-electron chi connectivity index (χ3n) is 4.49. The molecule has 10 nitrogen and oxygen atoms in total. The van der Waals surface area contributed by atoms with Gasteiger partial charge in [0.25, 0.3) is 0 Å². The van der Waals surface area contributed by atoms with Crippen LogP contribution >= 0.6 is 11.3 Å². The lowest BCUT2D eigenvalue weighted by Gasteiger charge is -2.10. The molecule has 2 aromatic heterocycles. The van der Waals surface area contributed by atoms with Crippen molar-refractivity contribution in [3.63, 3.8) is 0 Å². The van der Waals surface area contributed by atoms with Crippen LogP contribution in [0.5, 0.6) is 0 Å². The Labute approximate surface area is 186 Å². The van der Waals surface area contributed by atoms with Gasteiger partial charge in [0.1, 0.15) is 6.33 Å². The summed E-state index contributed by atoms with van der Waals surface area (Å²) < 4.78 is 5.95. The van der Waals surface area contributed by atoms with Gasteiger partial charge in [-0.15, -0.1) is 0 Å². The van der Waals surface area contributed by atoms with Crippen LogP contribution < -0.4 is 10.6 Å². The lowest BCUT2D eigenvalue weighted by Crippen LogP contribution is -2.07. The van der Waals surface area contributed by atoms with Crippen molar-refractivity contribution in [2.24, 2.45) is 0 Å². The van der Waals surface area contributed by atoms with E-state index in [0.717, 1.165) is 15.8 Å². The Balaban J connectivity index is 1.66. The van der Waals surface area contributed by atoms with Gasteiger partial charge in [0.2, 0.25) is 11.6 Å². The highest BCUT2D eigenvalue weighted by atomic mass is 32.1. The van der Waals surface area contributed by atoms with Crippen molar-refractivity contribution in [1.29, 1.82) is 0 Å². The molecule has 0 spiro atoms. The Bertz CT molecular complexity index is 1320. The summed E-state index contributed by atoms with van der Waals surface area (Å²) in [6, 6.07) is 12.3. The Kier molecular flexibility index (Phi) is 5.90. The van der Waals surface area contributed by atoms with Crippen LogP contribution in [0.15, 0.2) is 48.8 Å². The van der Waals surface area contributed by atoms with E-state index in [1.807, 2.05) is 25.1 Å². The summed E-state index contributed by atoms with van der Waals surface area (Å²) in [7, 11) is 0. The van der Waals surface area contributed by atoms with Gasteiger partial charge in [0, 0.05) is 5.69 Å². The third kappa shape index (κ3) is 4.32. The maximum absolute atomic E-state index is 12.0. The van der Waals surface area contributed by atoms with Crippen molar-refractivity contribution >= 4 is 55.7 Å². The zero-order chi connectivity index (χ0) is 22.7. The number of esters is 1. The molecule has 2 N–H and O–H groups in total. The second kappa shape index (κ2) is 8.94. The lowest BCUT2D eigenvalue weighted by atomic mass is 10.2. The zero-order valence-corrected chi connectivity index (χ0v) is 18.0. The number of nitro groups is 1. The number of thiazole rings is 1. The van der Waals surface area contributed by atoms with E-state index in [0.29, 0.717) is 16.4 Å². The normalized spacial score (nSPS) is 10.7. The van der Waals surface area contributed by atoms with E-state index in [9.17, 15) is 14.9 Å².